The number of hydrazone groups is 1. The van der Waals surface area contributed by atoms with E-state index in [-0.39, 0.29) is 0 Å². The number of rotatable bonds is 14. The predicted molar refractivity (Wildman–Crippen MR) is 133 cm³/mol. The highest BCUT2D eigenvalue weighted by atomic mass is 16.5. The molecule has 0 aliphatic rings. The van der Waals surface area contributed by atoms with Crippen molar-refractivity contribution in [2.75, 3.05) is 30.0 Å². The molecule has 170 valence electrons. The molecule has 0 radical (unpaired) electrons. The van der Waals surface area contributed by atoms with Crippen molar-refractivity contribution in [3.05, 3.63) is 72.6 Å². The van der Waals surface area contributed by atoms with Crippen LogP contribution >= 0.6 is 0 Å². The fourth-order valence-electron chi connectivity index (χ4n) is 2.98. The first-order valence-corrected chi connectivity index (χ1v) is 11.0. The Morgan fingerprint density at radius 1 is 1.22 bits per heavy atom. The molecule has 0 aliphatic heterocycles. The lowest BCUT2D eigenvalue weighted by Crippen LogP contribution is -2.26. The molecule has 0 atom stereocenters. The monoisotopic (exact) mass is 434 g/mol. The van der Waals surface area contributed by atoms with Gasteiger partial charge >= 0.3 is 6.01 Å². The third-order valence-electron chi connectivity index (χ3n) is 4.36. The van der Waals surface area contributed by atoms with E-state index in [4.69, 9.17) is 4.74 Å². The van der Waals surface area contributed by atoms with Crippen molar-refractivity contribution < 1.29 is 4.74 Å². The highest BCUT2D eigenvalue weighted by Gasteiger charge is 2.12. The van der Waals surface area contributed by atoms with Gasteiger partial charge in [-0.2, -0.15) is 15.1 Å². The predicted octanol–water partition coefficient (Wildman–Crippen LogP) is 5.21. The lowest BCUT2D eigenvalue weighted by molar-refractivity contribution is 0.295. The Kier molecular flexibility index (Phi) is 10.6. The van der Waals surface area contributed by atoms with Crippen molar-refractivity contribution in [3.8, 4) is 6.01 Å². The van der Waals surface area contributed by atoms with E-state index >= 15 is 0 Å². The summed E-state index contributed by atoms with van der Waals surface area (Å²) in [5.74, 6) is 1.38. The fourth-order valence-corrected chi connectivity index (χ4v) is 2.98. The second-order valence-electron chi connectivity index (χ2n) is 7.37. The van der Waals surface area contributed by atoms with Gasteiger partial charge in [-0.3, -0.25) is 10.4 Å². The normalized spacial score (nSPS) is 11.4. The number of hydrogen-bond donors (Lipinski definition) is 1. The summed E-state index contributed by atoms with van der Waals surface area (Å²) in [7, 11) is 0. The molecule has 0 amide bonds. The summed E-state index contributed by atoms with van der Waals surface area (Å²) in [4.78, 5) is 15.7. The molecule has 7 heteroatoms. The van der Waals surface area contributed by atoms with E-state index in [1.807, 2.05) is 37.3 Å². The van der Waals surface area contributed by atoms with Gasteiger partial charge < -0.3 is 9.64 Å². The highest BCUT2D eigenvalue weighted by Crippen LogP contribution is 2.20. The minimum atomic E-state index is 0.315. The summed E-state index contributed by atoms with van der Waals surface area (Å²) in [6, 6.07) is 8.04. The molecule has 0 spiro atoms. The summed E-state index contributed by atoms with van der Waals surface area (Å²) >= 11 is 0. The third-order valence-corrected chi connectivity index (χ3v) is 4.36. The molecular weight excluding hydrogens is 400 g/mol. The molecule has 1 N–H and O–H groups in total. The van der Waals surface area contributed by atoms with Gasteiger partial charge in [0.2, 0.25) is 0 Å². The fraction of sp³-hybridized carbons (Fsp3) is 0.360. The van der Waals surface area contributed by atoms with Crippen LogP contribution in [0.25, 0.3) is 0 Å². The molecule has 32 heavy (non-hydrogen) atoms. The number of nitrogens with one attached hydrogen (secondary N) is 1. The van der Waals surface area contributed by atoms with Crippen LogP contribution < -0.4 is 15.1 Å². The molecule has 2 heterocycles. The van der Waals surface area contributed by atoms with Gasteiger partial charge in [-0.1, -0.05) is 50.8 Å². The van der Waals surface area contributed by atoms with Crippen LogP contribution in [0, 0.1) is 0 Å². The SMILES string of the molecule is C=CC(/C=N/Nc1cc(N(CCC)CCC)nc(OCCc2ccccn2)n1)=C\C(=C)C. The molecule has 2 aromatic heterocycles. The lowest BCUT2D eigenvalue weighted by atomic mass is 10.2. The van der Waals surface area contributed by atoms with Gasteiger partial charge in [0.15, 0.2) is 5.82 Å². The maximum Gasteiger partial charge on any atom is 0.320 e. The van der Waals surface area contributed by atoms with E-state index in [1.165, 1.54) is 0 Å². The van der Waals surface area contributed by atoms with Crippen molar-refractivity contribution in [1.82, 2.24) is 15.0 Å². The number of ether oxygens (including phenoxy) is 1. The zero-order chi connectivity index (χ0) is 23.2. The van der Waals surface area contributed by atoms with Gasteiger partial charge in [0.25, 0.3) is 0 Å². The summed E-state index contributed by atoms with van der Waals surface area (Å²) in [6.07, 6.45) is 9.81. The topological polar surface area (TPSA) is 75.5 Å². The van der Waals surface area contributed by atoms with Gasteiger partial charge in [0.1, 0.15) is 5.82 Å². The Balaban J connectivity index is 2.20. The zero-order valence-corrected chi connectivity index (χ0v) is 19.4. The third kappa shape index (κ3) is 8.71. The van der Waals surface area contributed by atoms with Crippen LogP contribution in [0.1, 0.15) is 39.3 Å². The van der Waals surface area contributed by atoms with Gasteiger partial charge in [0.05, 0.1) is 12.8 Å². The first-order valence-electron chi connectivity index (χ1n) is 11.0. The van der Waals surface area contributed by atoms with Gasteiger partial charge in [-0.15, -0.1) is 0 Å². The number of anilines is 2. The van der Waals surface area contributed by atoms with Crippen LogP contribution in [0.15, 0.2) is 72.0 Å². The Morgan fingerprint density at radius 2 is 2.00 bits per heavy atom. The molecule has 2 aromatic rings. The second-order valence-corrected chi connectivity index (χ2v) is 7.37. The van der Waals surface area contributed by atoms with Crippen molar-refractivity contribution in [1.29, 1.82) is 0 Å². The first kappa shape index (κ1) is 24.8. The van der Waals surface area contributed by atoms with Gasteiger partial charge in [-0.25, -0.2) is 0 Å². The number of hydrogen-bond acceptors (Lipinski definition) is 7. The van der Waals surface area contributed by atoms with Crippen LogP contribution in [0.5, 0.6) is 6.01 Å². The van der Waals surface area contributed by atoms with Gasteiger partial charge in [-0.05, 0) is 37.5 Å². The molecule has 2 rings (SSSR count). The Hall–Kier alpha value is -3.48. The van der Waals surface area contributed by atoms with Crippen molar-refractivity contribution in [2.24, 2.45) is 5.10 Å². The zero-order valence-electron chi connectivity index (χ0n) is 19.4. The minimum Gasteiger partial charge on any atom is -0.463 e. The van der Waals surface area contributed by atoms with E-state index in [1.54, 1.807) is 18.5 Å². The summed E-state index contributed by atoms with van der Waals surface area (Å²) in [5, 5.41) is 4.30. The molecule has 0 saturated carbocycles. The summed E-state index contributed by atoms with van der Waals surface area (Å²) < 4.78 is 5.88. The molecule has 0 bridgehead atoms. The Bertz CT molecular complexity index is 917. The molecule has 0 saturated heterocycles. The Labute approximate surface area is 191 Å². The molecular formula is C25H34N6O. The van der Waals surface area contributed by atoms with Crippen LogP contribution in [0.4, 0.5) is 11.6 Å². The highest BCUT2D eigenvalue weighted by molar-refractivity contribution is 5.83. The molecule has 0 fully saturated rings. The van der Waals surface area contributed by atoms with Crippen molar-refractivity contribution in [3.63, 3.8) is 0 Å². The van der Waals surface area contributed by atoms with Crippen LogP contribution in [0.2, 0.25) is 0 Å². The van der Waals surface area contributed by atoms with Crippen LogP contribution in [-0.4, -0.2) is 40.9 Å². The van der Waals surface area contributed by atoms with Crippen LogP contribution in [-0.2, 0) is 6.42 Å². The van der Waals surface area contributed by atoms with Crippen LogP contribution in [0.3, 0.4) is 0 Å². The minimum absolute atomic E-state index is 0.315. The number of nitrogens with zero attached hydrogens (tertiary/aromatic N) is 5. The standard InChI is InChI=1S/C25H34N6O/c1-6-14-31(15-7-2)24-18-23(30-27-19-21(8-3)17-20(4)5)28-25(29-24)32-16-12-22-11-9-10-13-26-22/h8-11,13,17-19H,3-4,6-7,12,14-16H2,1-2,5H3,(H,28,29,30)/b21-17+,27-19+. The van der Waals surface area contributed by atoms with Crippen molar-refractivity contribution >= 4 is 17.9 Å². The summed E-state index contributed by atoms with van der Waals surface area (Å²) in [6.45, 7) is 16.2. The Morgan fingerprint density at radius 3 is 2.62 bits per heavy atom. The number of allylic oxidation sites excluding steroid dienone is 4. The smallest absolute Gasteiger partial charge is 0.320 e. The van der Waals surface area contributed by atoms with E-state index in [9.17, 15) is 0 Å². The number of pyridine rings is 1. The molecule has 0 aliphatic carbocycles. The van der Waals surface area contributed by atoms with E-state index in [0.29, 0.717) is 24.9 Å². The lowest BCUT2D eigenvalue weighted by Gasteiger charge is -2.23. The molecule has 0 aromatic carbocycles. The first-order chi connectivity index (χ1) is 15.5. The quantitative estimate of drug-likeness (QED) is 0.250. The van der Waals surface area contributed by atoms with E-state index in [2.05, 4.69) is 57.4 Å². The average molecular weight is 435 g/mol. The second kappa shape index (κ2) is 13.7. The molecule has 0 unspecified atom stereocenters. The van der Waals surface area contributed by atoms with E-state index in [0.717, 1.165) is 48.6 Å². The van der Waals surface area contributed by atoms with E-state index < -0.39 is 0 Å². The largest absolute Gasteiger partial charge is 0.463 e. The van der Waals surface area contributed by atoms with Gasteiger partial charge in [0, 0.05) is 37.5 Å². The number of aromatic nitrogens is 3. The summed E-state index contributed by atoms with van der Waals surface area (Å²) in [5.41, 5.74) is 5.73. The average Bonchev–Trinajstić information content (AvgIpc) is 2.78. The maximum absolute atomic E-state index is 5.88. The maximum atomic E-state index is 5.88. The molecule has 7 nitrogen and oxygen atoms in total. The van der Waals surface area contributed by atoms with Crippen molar-refractivity contribution in [2.45, 2.75) is 40.0 Å².